The molecule has 0 fully saturated rings. The molecule has 0 aliphatic carbocycles. The van der Waals surface area contributed by atoms with Gasteiger partial charge in [0, 0.05) is 6.20 Å². The van der Waals surface area contributed by atoms with E-state index in [1.165, 1.54) is 22.3 Å². The maximum atomic E-state index is 9.55. The van der Waals surface area contributed by atoms with Gasteiger partial charge in [-0.25, -0.2) is 0 Å². The minimum atomic E-state index is -0.354. The quantitative estimate of drug-likeness (QED) is 0.822. The van der Waals surface area contributed by atoms with Gasteiger partial charge in [-0.2, -0.15) is 15.5 Å². The molecule has 0 spiro atoms. The highest BCUT2D eigenvalue weighted by molar-refractivity contribution is 5.50. The molecule has 1 aromatic heterocycles. The Morgan fingerprint density at radius 2 is 1.74 bits per heavy atom. The topological polar surface area (TPSA) is 49.6 Å². The second-order valence-electron chi connectivity index (χ2n) is 4.88. The molecule has 0 aliphatic rings. The number of hydrogen-bond acceptors (Lipinski definition) is 3. The van der Waals surface area contributed by atoms with Gasteiger partial charge in [-0.1, -0.05) is 6.07 Å². The summed E-state index contributed by atoms with van der Waals surface area (Å²) in [5.41, 5.74) is 6.53. The second-order valence-corrected chi connectivity index (χ2v) is 4.88. The van der Waals surface area contributed by atoms with Crippen LogP contribution in [0.15, 0.2) is 24.4 Å². The average molecular weight is 251 g/mol. The van der Waals surface area contributed by atoms with Gasteiger partial charge in [0.15, 0.2) is 0 Å². The third-order valence-corrected chi connectivity index (χ3v) is 3.73. The van der Waals surface area contributed by atoms with Crippen molar-refractivity contribution in [3.63, 3.8) is 0 Å². The maximum absolute atomic E-state index is 9.55. The molecule has 1 unspecified atom stereocenters. The Bertz CT molecular complexity index is 613. The highest BCUT2D eigenvalue weighted by atomic mass is 15.1. The fourth-order valence-corrected chi connectivity index (χ4v) is 2.43. The van der Waals surface area contributed by atoms with Crippen LogP contribution in [0.3, 0.4) is 0 Å². The molecule has 0 N–H and O–H groups in total. The van der Waals surface area contributed by atoms with Crippen LogP contribution in [-0.4, -0.2) is 10.2 Å². The summed E-state index contributed by atoms with van der Waals surface area (Å²) in [6, 6.07) is 8.21. The van der Waals surface area contributed by atoms with Crippen molar-refractivity contribution in [1.82, 2.24) is 10.2 Å². The van der Waals surface area contributed by atoms with Crippen LogP contribution in [0.1, 0.15) is 39.4 Å². The van der Waals surface area contributed by atoms with Crippen molar-refractivity contribution in [3.05, 3.63) is 57.9 Å². The highest BCUT2D eigenvalue weighted by Crippen LogP contribution is 2.31. The van der Waals surface area contributed by atoms with Gasteiger partial charge < -0.3 is 0 Å². The van der Waals surface area contributed by atoms with Crippen molar-refractivity contribution in [1.29, 1.82) is 5.26 Å². The van der Waals surface area contributed by atoms with Gasteiger partial charge in [0.25, 0.3) is 0 Å². The molecule has 3 heteroatoms. The Morgan fingerprint density at radius 3 is 2.21 bits per heavy atom. The fraction of sp³-hybridized carbons (Fsp3) is 0.312. The first kappa shape index (κ1) is 13.2. The van der Waals surface area contributed by atoms with E-state index < -0.39 is 0 Å². The smallest absolute Gasteiger partial charge is 0.116 e. The van der Waals surface area contributed by atoms with E-state index in [-0.39, 0.29) is 5.92 Å². The van der Waals surface area contributed by atoms with Crippen LogP contribution in [0.25, 0.3) is 0 Å². The lowest BCUT2D eigenvalue weighted by Crippen LogP contribution is -2.08. The molecule has 19 heavy (non-hydrogen) atoms. The fourth-order valence-electron chi connectivity index (χ4n) is 2.43. The molecule has 0 saturated carbocycles. The molecule has 96 valence electrons. The summed E-state index contributed by atoms with van der Waals surface area (Å²) < 4.78 is 0. The van der Waals surface area contributed by atoms with E-state index in [0.717, 1.165) is 5.56 Å². The first-order valence-electron chi connectivity index (χ1n) is 6.30. The van der Waals surface area contributed by atoms with Crippen LogP contribution in [0, 0.1) is 39.0 Å². The zero-order valence-electron chi connectivity index (χ0n) is 11.7. The van der Waals surface area contributed by atoms with Crippen LogP contribution in [-0.2, 0) is 0 Å². The minimum absolute atomic E-state index is 0.354. The number of rotatable bonds is 2. The van der Waals surface area contributed by atoms with Crippen molar-refractivity contribution < 1.29 is 0 Å². The SMILES string of the molecule is Cc1cc(C)c(C)c(C(C#N)c2cccnn2)c1C. The Labute approximate surface area is 113 Å². The van der Waals surface area contributed by atoms with Crippen molar-refractivity contribution in [3.8, 4) is 6.07 Å². The molecule has 0 radical (unpaired) electrons. The summed E-state index contributed by atoms with van der Waals surface area (Å²) in [6.45, 7) is 8.29. The third-order valence-electron chi connectivity index (χ3n) is 3.73. The monoisotopic (exact) mass is 251 g/mol. The number of aryl methyl sites for hydroxylation is 2. The van der Waals surface area contributed by atoms with Gasteiger partial charge in [0.1, 0.15) is 5.92 Å². The Kier molecular flexibility index (Phi) is 3.62. The zero-order chi connectivity index (χ0) is 14.0. The molecule has 1 heterocycles. The van der Waals surface area contributed by atoms with E-state index in [1.807, 2.05) is 12.1 Å². The van der Waals surface area contributed by atoms with Gasteiger partial charge in [-0.15, -0.1) is 0 Å². The Balaban J connectivity index is 2.67. The van der Waals surface area contributed by atoms with Gasteiger partial charge >= 0.3 is 0 Å². The van der Waals surface area contributed by atoms with Crippen LogP contribution in [0.4, 0.5) is 0 Å². The average Bonchev–Trinajstić information content (AvgIpc) is 2.42. The van der Waals surface area contributed by atoms with Crippen molar-refractivity contribution in [2.24, 2.45) is 0 Å². The van der Waals surface area contributed by atoms with E-state index in [2.05, 4.69) is 50.0 Å². The molecular weight excluding hydrogens is 234 g/mol. The summed E-state index contributed by atoms with van der Waals surface area (Å²) in [7, 11) is 0. The highest BCUT2D eigenvalue weighted by Gasteiger charge is 2.21. The second kappa shape index (κ2) is 5.19. The predicted molar refractivity (Wildman–Crippen MR) is 74.9 cm³/mol. The molecule has 2 aromatic rings. The van der Waals surface area contributed by atoms with E-state index in [9.17, 15) is 5.26 Å². The first-order valence-corrected chi connectivity index (χ1v) is 6.30. The molecule has 1 aromatic carbocycles. The van der Waals surface area contributed by atoms with Crippen LogP contribution in [0.2, 0.25) is 0 Å². The summed E-state index contributed by atoms with van der Waals surface area (Å²) in [6.07, 6.45) is 1.62. The number of aromatic nitrogens is 2. The van der Waals surface area contributed by atoms with Crippen LogP contribution in [0.5, 0.6) is 0 Å². The normalized spacial score (nSPS) is 11.9. The largest absolute Gasteiger partial charge is 0.197 e. The van der Waals surface area contributed by atoms with Gasteiger partial charge in [-0.3, -0.25) is 0 Å². The lowest BCUT2D eigenvalue weighted by Gasteiger charge is -2.18. The van der Waals surface area contributed by atoms with Gasteiger partial charge in [0.05, 0.1) is 11.8 Å². The van der Waals surface area contributed by atoms with E-state index in [4.69, 9.17) is 0 Å². The van der Waals surface area contributed by atoms with Crippen molar-refractivity contribution in [2.75, 3.05) is 0 Å². The molecular formula is C16H17N3. The van der Waals surface area contributed by atoms with E-state index >= 15 is 0 Å². The third kappa shape index (κ3) is 2.34. The molecule has 0 saturated heterocycles. The van der Waals surface area contributed by atoms with Crippen LogP contribution >= 0.6 is 0 Å². The van der Waals surface area contributed by atoms with E-state index in [0.29, 0.717) is 5.69 Å². The summed E-state index contributed by atoms with van der Waals surface area (Å²) in [5, 5.41) is 17.5. The number of nitrogens with zero attached hydrogens (tertiary/aromatic N) is 3. The summed E-state index contributed by atoms with van der Waals surface area (Å²) in [5.74, 6) is -0.354. The molecule has 0 amide bonds. The standard InChI is InChI=1S/C16H17N3/c1-10-8-11(2)13(4)16(12(10)3)14(9-17)15-6-5-7-18-19-15/h5-8,14H,1-4H3. The van der Waals surface area contributed by atoms with Crippen LogP contribution < -0.4 is 0 Å². The lowest BCUT2D eigenvalue weighted by molar-refractivity contribution is 0.869. The van der Waals surface area contributed by atoms with Crippen molar-refractivity contribution in [2.45, 2.75) is 33.6 Å². The summed E-state index contributed by atoms with van der Waals surface area (Å²) >= 11 is 0. The summed E-state index contributed by atoms with van der Waals surface area (Å²) in [4.78, 5) is 0. The molecule has 0 aliphatic heterocycles. The molecule has 0 bridgehead atoms. The number of nitriles is 1. The van der Waals surface area contributed by atoms with Gasteiger partial charge in [0.2, 0.25) is 0 Å². The first-order chi connectivity index (χ1) is 9.06. The molecule has 1 atom stereocenters. The number of benzene rings is 1. The molecule has 2 rings (SSSR count). The lowest BCUT2D eigenvalue weighted by atomic mass is 9.85. The predicted octanol–water partition coefficient (Wildman–Crippen LogP) is 3.37. The Morgan fingerprint density at radius 1 is 1.11 bits per heavy atom. The molecule has 3 nitrogen and oxygen atoms in total. The van der Waals surface area contributed by atoms with Crippen molar-refractivity contribution >= 4 is 0 Å². The Hall–Kier alpha value is -2.21. The van der Waals surface area contributed by atoms with Gasteiger partial charge in [-0.05, 0) is 67.6 Å². The zero-order valence-corrected chi connectivity index (χ0v) is 11.7. The minimum Gasteiger partial charge on any atom is -0.197 e. The number of hydrogen-bond donors (Lipinski definition) is 0. The van der Waals surface area contributed by atoms with E-state index in [1.54, 1.807) is 6.20 Å². The maximum Gasteiger partial charge on any atom is 0.116 e.